The Hall–Kier alpha value is -2.86. The van der Waals surface area contributed by atoms with Crippen molar-refractivity contribution >= 4 is 46.4 Å². The molecule has 0 aliphatic rings. The van der Waals surface area contributed by atoms with Gasteiger partial charge in [0.15, 0.2) is 5.82 Å². The van der Waals surface area contributed by atoms with Crippen LogP contribution >= 0.6 is 34.8 Å². The lowest BCUT2D eigenvalue weighted by atomic mass is 10.2. The Morgan fingerprint density at radius 3 is 2.47 bits per heavy atom. The first-order chi connectivity index (χ1) is 14.4. The number of nitrogens with zero attached hydrogens (tertiary/aromatic N) is 3. The summed E-state index contributed by atoms with van der Waals surface area (Å²) in [4.78, 5) is 17.3. The van der Waals surface area contributed by atoms with E-state index < -0.39 is 5.91 Å². The van der Waals surface area contributed by atoms with Gasteiger partial charge in [0.1, 0.15) is 0 Å². The smallest absolute Gasteiger partial charge is 0.295 e. The zero-order chi connectivity index (χ0) is 21.3. The van der Waals surface area contributed by atoms with Crippen LogP contribution in [0.25, 0.3) is 17.1 Å². The van der Waals surface area contributed by atoms with Gasteiger partial charge in [-0.1, -0.05) is 65.1 Å². The van der Waals surface area contributed by atoms with E-state index in [-0.39, 0.29) is 5.82 Å². The van der Waals surface area contributed by atoms with Gasteiger partial charge in [-0.25, -0.2) is 9.67 Å². The summed E-state index contributed by atoms with van der Waals surface area (Å²) in [6.07, 6.45) is 0. The Kier molecular flexibility index (Phi) is 5.77. The molecule has 0 atom stereocenters. The molecule has 0 saturated heterocycles. The standard InChI is InChI=1S/C22H15Cl3N4O/c1-13-9-10-16(24)12-19(13)29-21(14-5-4-6-15(23)11-14)27-20(28-29)22(30)26-18-8-3-2-7-17(18)25/h2-12H,1H3,(H,26,30). The third-order valence-corrected chi connectivity index (χ3v) is 5.21. The SMILES string of the molecule is Cc1ccc(Cl)cc1-n1nc(C(=O)Nc2ccccc2Cl)nc1-c1cccc(Cl)c1. The highest BCUT2D eigenvalue weighted by atomic mass is 35.5. The second-order valence-corrected chi connectivity index (χ2v) is 7.83. The fraction of sp³-hybridized carbons (Fsp3) is 0.0455. The van der Waals surface area contributed by atoms with Gasteiger partial charge in [-0.05, 0) is 48.9 Å². The second-order valence-electron chi connectivity index (χ2n) is 6.55. The van der Waals surface area contributed by atoms with E-state index in [4.69, 9.17) is 34.8 Å². The molecule has 3 aromatic carbocycles. The second kappa shape index (κ2) is 8.48. The van der Waals surface area contributed by atoms with Crippen molar-refractivity contribution < 1.29 is 4.79 Å². The Balaban J connectivity index is 1.83. The highest BCUT2D eigenvalue weighted by molar-refractivity contribution is 6.34. The third kappa shape index (κ3) is 4.19. The van der Waals surface area contributed by atoms with Crippen molar-refractivity contribution in [2.24, 2.45) is 0 Å². The van der Waals surface area contributed by atoms with Crippen LogP contribution in [0.2, 0.25) is 15.1 Å². The predicted octanol–water partition coefficient (Wildman–Crippen LogP) is 6.46. The van der Waals surface area contributed by atoms with Gasteiger partial charge in [0.25, 0.3) is 5.91 Å². The summed E-state index contributed by atoms with van der Waals surface area (Å²) in [5.74, 6) is -0.0266. The normalized spacial score (nSPS) is 10.8. The lowest BCUT2D eigenvalue weighted by Gasteiger charge is -2.09. The molecule has 150 valence electrons. The first kappa shape index (κ1) is 20.4. The molecule has 1 N–H and O–H groups in total. The Bertz CT molecular complexity index is 1250. The van der Waals surface area contributed by atoms with E-state index in [2.05, 4.69) is 15.4 Å². The zero-order valence-electron chi connectivity index (χ0n) is 15.7. The molecule has 1 aromatic heterocycles. The molecular weight excluding hydrogens is 443 g/mol. The number of hydrogen-bond donors (Lipinski definition) is 1. The van der Waals surface area contributed by atoms with Crippen LogP contribution in [0.15, 0.2) is 66.7 Å². The molecule has 5 nitrogen and oxygen atoms in total. The van der Waals surface area contributed by atoms with Crippen molar-refractivity contribution in [2.45, 2.75) is 6.92 Å². The minimum atomic E-state index is -0.482. The van der Waals surface area contributed by atoms with Gasteiger partial charge >= 0.3 is 0 Å². The fourth-order valence-corrected chi connectivity index (χ4v) is 3.48. The Morgan fingerprint density at radius 1 is 0.933 bits per heavy atom. The van der Waals surface area contributed by atoms with Crippen molar-refractivity contribution in [3.8, 4) is 17.1 Å². The minimum absolute atomic E-state index is 0.00993. The van der Waals surface area contributed by atoms with Crippen molar-refractivity contribution in [1.82, 2.24) is 14.8 Å². The maximum absolute atomic E-state index is 12.9. The molecular formula is C22H15Cl3N4O. The number of halogens is 3. The molecule has 1 amide bonds. The third-order valence-electron chi connectivity index (χ3n) is 4.41. The highest BCUT2D eigenvalue weighted by Crippen LogP contribution is 2.27. The summed E-state index contributed by atoms with van der Waals surface area (Å²) in [6.45, 7) is 1.93. The Morgan fingerprint density at radius 2 is 1.70 bits per heavy atom. The van der Waals surface area contributed by atoms with Gasteiger partial charge in [0, 0.05) is 15.6 Å². The zero-order valence-corrected chi connectivity index (χ0v) is 18.0. The first-order valence-corrected chi connectivity index (χ1v) is 10.1. The molecule has 0 aliphatic carbocycles. The number of carbonyl (C=O) groups is 1. The molecule has 0 aliphatic heterocycles. The number of aryl methyl sites for hydroxylation is 1. The number of nitrogens with one attached hydrogen (secondary N) is 1. The molecule has 30 heavy (non-hydrogen) atoms. The quantitative estimate of drug-likeness (QED) is 0.383. The highest BCUT2D eigenvalue weighted by Gasteiger charge is 2.20. The lowest BCUT2D eigenvalue weighted by molar-refractivity contribution is 0.101. The van der Waals surface area contributed by atoms with Crippen LogP contribution in [0, 0.1) is 6.92 Å². The van der Waals surface area contributed by atoms with Crippen LogP contribution < -0.4 is 5.32 Å². The number of hydrogen-bond acceptors (Lipinski definition) is 3. The van der Waals surface area contributed by atoms with Gasteiger partial charge < -0.3 is 5.32 Å². The molecule has 0 unspecified atom stereocenters. The molecule has 0 saturated carbocycles. The van der Waals surface area contributed by atoms with E-state index in [0.29, 0.717) is 37.8 Å². The van der Waals surface area contributed by atoms with Gasteiger partial charge in [-0.2, -0.15) is 0 Å². The van der Waals surface area contributed by atoms with E-state index in [1.54, 1.807) is 53.2 Å². The molecule has 0 radical (unpaired) electrons. The summed E-state index contributed by atoms with van der Waals surface area (Å²) in [5, 5.41) is 8.73. The number of anilines is 1. The summed E-state index contributed by atoms with van der Waals surface area (Å²) < 4.78 is 1.59. The number of para-hydroxylation sites is 1. The summed E-state index contributed by atoms with van der Waals surface area (Å²) in [6, 6.07) is 19.6. The van der Waals surface area contributed by atoms with Gasteiger partial charge in [-0.3, -0.25) is 4.79 Å². The molecule has 0 fully saturated rings. The maximum atomic E-state index is 12.9. The molecule has 1 heterocycles. The number of benzene rings is 3. The van der Waals surface area contributed by atoms with Crippen LogP contribution in [0.3, 0.4) is 0 Å². The molecule has 8 heteroatoms. The molecule has 0 bridgehead atoms. The van der Waals surface area contributed by atoms with Gasteiger partial charge in [0.05, 0.1) is 16.4 Å². The monoisotopic (exact) mass is 456 g/mol. The van der Waals surface area contributed by atoms with Crippen LogP contribution in [0.5, 0.6) is 0 Å². The van der Waals surface area contributed by atoms with Crippen LogP contribution in [-0.2, 0) is 0 Å². The maximum Gasteiger partial charge on any atom is 0.295 e. The fourth-order valence-electron chi connectivity index (χ4n) is 2.94. The molecule has 0 spiro atoms. The summed E-state index contributed by atoms with van der Waals surface area (Å²) >= 11 is 18.5. The number of aromatic nitrogens is 3. The van der Waals surface area contributed by atoms with E-state index in [0.717, 1.165) is 5.56 Å². The van der Waals surface area contributed by atoms with Crippen LogP contribution in [0.1, 0.15) is 16.2 Å². The van der Waals surface area contributed by atoms with Crippen molar-refractivity contribution in [2.75, 3.05) is 5.32 Å². The van der Waals surface area contributed by atoms with Gasteiger partial charge in [-0.15, -0.1) is 5.10 Å². The van der Waals surface area contributed by atoms with E-state index in [9.17, 15) is 4.79 Å². The van der Waals surface area contributed by atoms with E-state index >= 15 is 0 Å². The van der Waals surface area contributed by atoms with Crippen molar-refractivity contribution in [3.63, 3.8) is 0 Å². The number of amides is 1. The van der Waals surface area contributed by atoms with Crippen LogP contribution in [-0.4, -0.2) is 20.7 Å². The molecule has 4 rings (SSSR count). The summed E-state index contributed by atoms with van der Waals surface area (Å²) in [7, 11) is 0. The minimum Gasteiger partial charge on any atom is -0.318 e. The predicted molar refractivity (Wildman–Crippen MR) is 121 cm³/mol. The van der Waals surface area contributed by atoms with E-state index in [1.165, 1.54) is 0 Å². The average Bonchev–Trinajstić information content (AvgIpc) is 3.17. The van der Waals surface area contributed by atoms with Crippen LogP contribution in [0.4, 0.5) is 5.69 Å². The summed E-state index contributed by atoms with van der Waals surface area (Å²) in [5.41, 5.74) is 2.82. The lowest BCUT2D eigenvalue weighted by Crippen LogP contribution is -2.14. The molecule has 4 aromatic rings. The van der Waals surface area contributed by atoms with Gasteiger partial charge in [0.2, 0.25) is 5.82 Å². The van der Waals surface area contributed by atoms with E-state index in [1.807, 2.05) is 25.1 Å². The number of carbonyl (C=O) groups excluding carboxylic acids is 1. The first-order valence-electron chi connectivity index (χ1n) is 8.98. The van der Waals surface area contributed by atoms with Crippen molar-refractivity contribution in [3.05, 3.63) is 93.2 Å². The van der Waals surface area contributed by atoms with Crippen molar-refractivity contribution in [1.29, 1.82) is 0 Å². The topological polar surface area (TPSA) is 59.8 Å². The number of rotatable bonds is 4. The largest absolute Gasteiger partial charge is 0.318 e. The Labute approximate surface area is 188 Å². The average molecular weight is 458 g/mol.